The molecule has 0 unspecified atom stereocenters. The molecule has 0 saturated carbocycles. The van der Waals surface area contributed by atoms with Crippen LogP contribution < -0.4 is 0 Å². The van der Waals surface area contributed by atoms with E-state index in [-0.39, 0.29) is 5.41 Å². The largest absolute Gasteiger partial charge is 0.329 e. The zero-order chi connectivity index (χ0) is 17.3. The first-order valence-electron chi connectivity index (χ1n) is 8.42. The number of hydrogen-bond acceptors (Lipinski definition) is 2. The second kappa shape index (κ2) is 6.27. The van der Waals surface area contributed by atoms with Gasteiger partial charge in [-0.05, 0) is 18.8 Å². The SMILES string of the molecule is Cc1c(Cn2cnc(-c3ccccc3)c2CC(C)(C)C)cnn1C. The van der Waals surface area contributed by atoms with Crippen LogP contribution in [0.15, 0.2) is 42.9 Å². The average molecular weight is 322 g/mol. The Hall–Kier alpha value is -2.36. The summed E-state index contributed by atoms with van der Waals surface area (Å²) in [7, 11) is 1.98. The molecular formula is C20H26N4. The maximum absolute atomic E-state index is 4.74. The number of aryl methyl sites for hydroxylation is 1. The van der Waals surface area contributed by atoms with Crippen molar-refractivity contribution in [1.82, 2.24) is 19.3 Å². The van der Waals surface area contributed by atoms with E-state index in [1.807, 2.05) is 30.3 Å². The number of imidazole rings is 1. The summed E-state index contributed by atoms with van der Waals surface area (Å²) in [5.41, 5.74) is 6.20. The topological polar surface area (TPSA) is 35.6 Å². The molecule has 3 aromatic rings. The molecule has 4 nitrogen and oxygen atoms in total. The van der Waals surface area contributed by atoms with Crippen molar-refractivity contribution in [2.24, 2.45) is 12.5 Å². The molecule has 1 aromatic carbocycles. The minimum absolute atomic E-state index is 0.200. The fourth-order valence-corrected chi connectivity index (χ4v) is 2.95. The minimum Gasteiger partial charge on any atom is -0.329 e. The van der Waals surface area contributed by atoms with E-state index >= 15 is 0 Å². The van der Waals surface area contributed by atoms with Crippen molar-refractivity contribution in [1.29, 1.82) is 0 Å². The van der Waals surface area contributed by atoms with Crippen LogP contribution in [-0.2, 0) is 20.0 Å². The van der Waals surface area contributed by atoms with E-state index in [1.54, 1.807) is 0 Å². The van der Waals surface area contributed by atoms with Crippen LogP contribution in [0.25, 0.3) is 11.3 Å². The first-order valence-corrected chi connectivity index (χ1v) is 8.42. The molecular weight excluding hydrogens is 296 g/mol. The van der Waals surface area contributed by atoms with E-state index < -0.39 is 0 Å². The molecule has 126 valence electrons. The van der Waals surface area contributed by atoms with Crippen molar-refractivity contribution in [3.8, 4) is 11.3 Å². The first-order chi connectivity index (χ1) is 11.3. The van der Waals surface area contributed by atoms with Gasteiger partial charge in [0, 0.05) is 29.6 Å². The molecule has 2 aromatic heterocycles. The molecule has 2 heterocycles. The monoisotopic (exact) mass is 322 g/mol. The Bertz CT molecular complexity index is 819. The first kappa shape index (κ1) is 16.5. The van der Waals surface area contributed by atoms with Crippen molar-refractivity contribution in [2.45, 2.75) is 40.7 Å². The molecule has 0 amide bonds. The van der Waals surface area contributed by atoms with Crippen molar-refractivity contribution in [3.63, 3.8) is 0 Å². The lowest BCUT2D eigenvalue weighted by molar-refractivity contribution is 0.400. The van der Waals surface area contributed by atoms with Gasteiger partial charge in [-0.25, -0.2) is 4.98 Å². The molecule has 0 spiro atoms. The van der Waals surface area contributed by atoms with Crippen molar-refractivity contribution in [2.75, 3.05) is 0 Å². The summed E-state index contributed by atoms with van der Waals surface area (Å²) in [4.78, 5) is 4.74. The molecule has 4 heteroatoms. The van der Waals surface area contributed by atoms with Crippen molar-refractivity contribution < 1.29 is 0 Å². The highest BCUT2D eigenvalue weighted by molar-refractivity contribution is 5.62. The molecule has 0 aliphatic heterocycles. The normalized spacial score (nSPS) is 11.9. The molecule has 0 radical (unpaired) electrons. The Morgan fingerprint density at radius 2 is 1.79 bits per heavy atom. The summed E-state index contributed by atoms with van der Waals surface area (Å²) >= 11 is 0. The lowest BCUT2D eigenvalue weighted by atomic mass is 9.89. The van der Waals surface area contributed by atoms with Gasteiger partial charge in [0.2, 0.25) is 0 Å². The summed E-state index contributed by atoms with van der Waals surface area (Å²) in [5, 5.41) is 4.36. The van der Waals surface area contributed by atoms with Crippen LogP contribution in [0.5, 0.6) is 0 Å². The van der Waals surface area contributed by atoms with Gasteiger partial charge in [0.25, 0.3) is 0 Å². The maximum atomic E-state index is 4.74. The van der Waals surface area contributed by atoms with Crippen LogP contribution >= 0.6 is 0 Å². The summed E-state index contributed by atoms with van der Waals surface area (Å²) in [6.45, 7) is 9.74. The number of nitrogens with zero attached hydrogens (tertiary/aromatic N) is 4. The molecule has 0 N–H and O–H groups in total. The highest BCUT2D eigenvalue weighted by Crippen LogP contribution is 2.29. The Morgan fingerprint density at radius 1 is 1.08 bits per heavy atom. The maximum Gasteiger partial charge on any atom is 0.0959 e. The van der Waals surface area contributed by atoms with Gasteiger partial charge in [-0.2, -0.15) is 5.10 Å². The summed E-state index contributed by atoms with van der Waals surface area (Å²) < 4.78 is 4.20. The number of aromatic nitrogens is 4. The van der Waals surface area contributed by atoms with E-state index in [0.717, 1.165) is 18.7 Å². The second-order valence-corrected chi connectivity index (χ2v) is 7.65. The summed E-state index contributed by atoms with van der Waals surface area (Å²) in [5.74, 6) is 0. The van der Waals surface area contributed by atoms with E-state index in [9.17, 15) is 0 Å². The minimum atomic E-state index is 0.200. The van der Waals surface area contributed by atoms with Gasteiger partial charge < -0.3 is 4.57 Å². The Balaban J connectivity index is 2.03. The fourth-order valence-electron chi connectivity index (χ4n) is 2.95. The van der Waals surface area contributed by atoms with Gasteiger partial charge in [0.05, 0.1) is 24.8 Å². The van der Waals surface area contributed by atoms with E-state index in [1.165, 1.54) is 22.5 Å². The van der Waals surface area contributed by atoms with Gasteiger partial charge in [0.1, 0.15) is 0 Å². The molecule has 3 rings (SSSR count). The van der Waals surface area contributed by atoms with Gasteiger partial charge >= 0.3 is 0 Å². The summed E-state index contributed by atoms with van der Waals surface area (Å²) in [6, 6.07) is 10.5. The molecule has 24 heavy (non-hydrogen) atoms. The van der Waals surface area contributed by atoms with Gasteiger partial charge in [0.15, 0.2) is 0 Å². The van der Waals surface area contributed by atoms with Crippen LogP contribution in [0, 0.1) is 12.3 Å². The van der Waals surface area contributed by atoms with Crippen LogP contribution in [0.2, 0.25) is 0 Å². The Kier molecular flexibility index (Phi) is 4.31. The van der Waals surface area contributed by atoms with Crippen molar-refractivity contribution >= 4 is 0 Å². The number of benzene rings is 1. The average Bonchev–Trinajstić information content (AvgIpc) is 3.05. The highest BCUT2D eigenvalue weighted by Gasteiger charge is 2.20. The van der Waals surface area contributed by atoms with Crippen molar-refractivity contribution in [3.05, 3.63) is 59.8 Å². The second-order valence-electron chi connectivity index (χ2n) is 7.65. The van der Waals surface area contributed by atoms with Crippen LogP contribution in [-0.4, -0.2) is 19.3 Å². The highest BCUT2D eigenvalue weighted by atomic mass is 15.3. The Morgan fingerprint density at radius 3 is 2.38 bits per heavy atom. The fraction of sp³-hybridized carbons (Fsp3) is 0.400. The molecule has 0 aliphatic carbocycles. The lowest BCUT2D eigenvalue weighted by Crippen LogP contribution is -2.15. The zero-order valence-corrected chi connectivity index (χ0v) is 15.2. The third-order valence-electron chi connectivity index (χ3n) is 4.37. The zero-order valence-electron chi connectivity index (χ0n) is 15.2. The predicted octanol–water partition coefficient (Wildman–Crippen LogP) is 4.23. The third-order valence-corrected chi connectivity index (χ3v) is 4.37. The molecule has 0 aliphatic rings. The smallest absolute Gasteiger partial charge is 0.0959 e. The quantitative estimate of drug-likeness (QED) is 0.720. The van der Waals surface area contributed by atoms with Gasteiger partial charge in [-0.3, -0.25) is 4.68 Å². The van der Waals surface area contributed by atoms with Gasteiger partial charge in [-0.15, -0.1) is 0 Å². The van der Waals surface area contributed by atoms with Crippen LogP contribution in [0.4, 0.5) is 0 Å². The van der Waals surface area contributed by atoms with Crippen LogP contribution in [0.1, 0.15) is 37.7 Å². The van der Waals surface area contributed by atoms with Gasteiger partial charge in [-0.1, -0.05) is 51.1 Å². The predicted molar refractivity (Wildman–Crippen MR) is 97.9 cm³/mol. The van der Waals surface area contributed by atoms with E-state index in [2.05, 4.69) is 61.6 Å². The third kappa shape index (κ3) is 3.42. The van der Waals surface area contributed by atoms with Crippen LogP contribution in [0.3, 0.4) is 0 Å². The molecule has 0 bridgehead atoms. The molecule has 0 fully saturated rings. The number of rotatable bonds is 4. The molecule has 0 saturated heterocycles. The summed E-state index contributed by atoms with van der Waals surface area (Å²) in [6.07, 6.45) is 4.91. The molecule has 0 atom stereocenters. The Labute approximate surface area is 144 Å². The van der Waals surface area contributed by atoms with E-state index in [4.69, 9.17) is 4.98 Å². The van der Waals surface area contributed by atoms with E-state index in [0.29, 0.717) is 0 Å². The lowest BCUT2D eigenvalue weighted by Gasteiger charge is -2.20. The number of hydrogen-bond donors (Lipinski definition) is 0. The standard InChI is InChI=1S/C20H26N4/c1-15-17(12-22-23(15)5)13-24-14-21-19(16-9-7-6-8-10-16)18(24)11-20(2,3)4/h6-10,12,14H,11,13H2,1-5H3.